The molecule has 20 heavy (non-hydrogen) atoms. The highest BCUT2D eigenvalue weighted by molar-refractivity contribution is 5.94. The van der Waals surface area contributed by atoms with E-state index in [9.17, 15) is 9.59 Å². The summed E-state index contributed by atoms with van der Waals surface area (Å²) < 4.78 is 4.95. The second-order valence-electron chi connectivity index (χ2n) is 4.73. The molecule has 0 bridgehead atoms. The summed E-state index contributed by atoms with van der Waals surface area (Å²) in [5.74, 6) is -0.729. The smallest absolute Gasteiger partial charge is 0.328 e. The zero-order chi connectivity index (χ0) is 15.0. The van der Waals surface area contributed by atoms with Crippen LogP contribution in [0.25, 0.3) is 6.08 Å². The van der Waals surface area contributed by atoms with Gasteiger partial charge in [0, 0.05) is 6.08 Å². The highest BCUT2D eigenvalue weighted by Gasteiger charge is 2.24. The second-order valence-corrected chi connectivity index (χ2v) is 4.73. The molecular formula is C16H21NO3. The van der Waals surface area contributed by atoms with Crippen molar-refractivity contribution in [2.75, 3.05) is 6.61 Å². The van der Waals surface area contributed by atoms with E-state index in [2.05, 4.69) is 5.32 Å². The molecule has 1 aromatic carbocycles. The Hall–Kier alpha value is -2.10. The van der Waals surface area contributed by atoms with Crippen LogP contribution < -0.4 is 5.32 Å². The van der Waals surface area contributed by atoms with Crippen LogP contribution in [-0.2, 0) is 14.3 Å². The summed E-state index contributed by atoms with van der Waals surface area (Å²) in [4.78, 5) is 23.6. The molecule has 1 amide bonds. The van der Waals surface area contributed by atoms with E-state index in [0.717, 1.165) is 5.56 Å². The van der Waals surface area contributed by atoms with Gasteiger partial charge in [-0.15, -0.1) is 0 Å². The van der Waals surface area contributed by atoms with Gasteiger partial charge in [-0.3, -0.25) is 4.79 Å². The average Bonchev–Trinajstić information content (AvgIpc) is 2.43. The minimum Gasteiger partial charge on any atom is -0.464 e. The number of carbonyl (C=O) groups excluding carboxylic acids is 2. The topological polar surface area (TPSA) is 55.4 Å². The fourth-order valence-corrected chi connectivity index (χ4v) is 1.67. The highest BCUT2D eigenvalue weighted by atomic mass is 16.5. The largest absolute Gasteiger partial charge is 0.464 e. The minimum atomic E-state index is -0.622. The quantitative estimate of drug-likeness (QED) is 0.640. The lowest BCUT2D eigenvalue weighted by molar-refractivity contribution is -0.148. The molecule has 0 saturated carbocycles. The van der Waals surface area contributed by atoms with Crippen molar-refractivity contribution in [1.29, 1.82) is 0 Å². The van der Waals surface area contributed by atoms with Gasteiger partial charge >= 0.3 is 5.97 Å². The fraction of sp³-hybridized carbons (Fsp3) is 0.375. The third-order valence-corrected chi connectivity index (χ3v) is 2.73. The zero-order valence-corrected chi connectivity index (χ0v) is 12.1. The van der Waals surface area contributed by atoms with Crippen molar-refractivity contribution in [3.8, 4) is 0 Å². The van der Waals surface area contributed by atoms with Crippen molar-refractivity contribution in [2.24, 2.45) is 5.92 Å². The molecule has 0 aliphatic heterocycles. The predicted octanol–water partition coefficient (Wildman–Crippen LogP) is 2.40. The minimum absolute atomic E-state index is 0.0249. The number of hydrogen-bond acceptors (Lipinski definition) is 3. The molecule has 4 heteroatoms. The molecule has 1 rings (SSSR count). The molecule has 0 heterocycles. The van der Waals surface area contributed by atoms with Crippen LogP contribution in [0.4, 0.5) is 0 Å². The van der Waals surface area contributed by atoms with Gasteiger partial charge in [-0.25, -0.2) is 4.79 Å². The number of nitrogens with one attached hydrogen (secondary N) is 1. The Morgan fingerprint density at radius 1 is 1.25 bits per heavy atom. The van der Waals surface area contributed by atoms with Crippen LogP contribution in [0.2, 0.25) is 0 Å². The maximum absolute atomic E-state index is 11.8. The lowest BCUT2D eigenvalue weighted by Gasteiger charge is -2.19. The van der Waals surface area contributed by atoms with Crippen molar-refractivity contribution >= 4 is 18.0 Å². The van der Waals surface area contributed by atoms with Crippen molar-refractivity contribution in [2.45, 2.75) is 26.8 Å². The molecule has 0 saturated heterocycles. The molecule has 0 spiro atoms. The first-order chi connectivity index (χ1) is 9.54. The molecule has 4 nitrogen and oxygen atoms in total. The van der Waals surface area contributed by atoms with Crippen LogP contribution in [0.3, 0.4) is 0 Å². The maximum atomic E-state index is 11.8. The van der Waals surface area contributed by atoms with Crippen LogP contribution in [0.5, 0.6) is 0 Å². The lowest BCUT2D eigenvalue weighted by atomic mass is 10.0. The van der Waals surface area contributed by atoms with Gasteiger partial charge in [0.2, 0.25) is 5.91 Å². The summed E-state index contributed by atoms with van der Waals surface area (Å²) in [6, 6.07) is 8.87. The average molecular weight is 275 g/mol. The number of rotatable bonds is 6. The van der Waals surface area contributed by atoms with Crippen LogP contribution in [-0.4, -0.2) is 24.5 Å². The molecule has 0 aromatic heterocycles. The number of benzene rings is 1. The Kier molecular flexibility index (Phi) is 6.50. The summed E-state index contributed by atoms with van der Waals surface area (Å²) in [5, 5.41) is 2.67. The molecule has 0 unspecified atom stereocenters. The van der Waals surface area contributed by atoms with Gasteiger partial charge < -0.3 is 10.1 Å². The second kappa shape index (κ2) is 8.15. The number of carbonyl (C=O) groups is 2. The van der Waals surface area contributed by atoms with Crippen LogP contribution in [0.1, 0.15) is 26.3 Å². The summed E-state index contributed by atoms with van der Waals surface area (Å²) in [7, 11) is 0. The van der Waals surface area contributed by atoms with Crippen molar-refractivity contribution in [1.82, 2.24) is 5.32 Å². The molecule has 0 radical (unpaired) electrons. The Labute approximate surface area is 119 Å². The predicted molar refractivity (Wildman–Crippen MR) is 78.9 cm³/mol. The van der Waals surface area contributed by atoms with E-state index in [1.54, 1.807) is 13.0 Å². The summed E-state index contributed by atoms with van der Waals surface area (Å²) >= 11 is 0. The number of amides is 1. The van der Waals surface area contributed by atoms with E-state index in [1.807, 2.05) is 44.2 Å². The molecule has 1 atom stereocenters. The Morgan fingerprint density at radius 3 is 2.45 bits per heavy atom. The normalized spacial score (nSPS) is 12.4. The van der Waals surface area contributed by atoms with Gasteiger partial charge in [0.25, 0.3) is 0 Å². The monoisotopic (exact) mass is 275 g/mol. The van der Waals surface area contributed by atoms with Gasteiger partial charge in [0.1, 0.15) is 6.04 Å². The molecule has 0 aliphatic carbocycles. The van der Waals surface area contributed by atoms with Gasteiger partial charge in [-0.1, -0.05) is 44.2 Å². The Balaban J connectivity index is 2.63. The van der Waals surface area contributed by atoms with Gasteiger partial charge in [0.15, 0.2) is 0 Å². The third-order valence-electron chi connectivity index (χ3n) is 2.73. The van der Waals surface area contributed by atoms with Gasteiger partial charge in [-0.2, -0.15) is 0 Å². The van der Waals surface area contributed by atoms with Crippen molar-refractivity contribution in [3.05, 3.63) is 42.0 Å². The summed E-state index contributed by atoms with van der Waals surface area (Å²) in [6.45, 7) is 5.77. The molecule has 0 aliphatic rings. The first kappa shape index (κ1) is 16.0. The van der Waals surface area contributed by atoms with Crippen LogP contribution in [0, 0.1) is 5.92 Å². The molecular weight excluding hydrogens is 254 g/mol. The number of ether oxygens (including phenoxy) is 1. The van der Waals surface area contributed by atoms with Crippen LogP contribution >= 0.6 is 0 Å². The lowest BCUT2D eigenvalue weighted by Crippen LogP contribution is -2.44. The third kappa shape index (κ3) is 5.26. The van der Waals surface area contributed by atoms with Crippen molar-refractivity contribution in [3.63, 3.8) is 0 Å². The number of hydrogen-bond donors (Lipinski definition) is 1. The Morgan fingerprint density at radius 2 is 1.90 bits per heavy atom. The summed E-state index contributed by atoms with van der Waals surface area (Å²) in [5.41, 5.74) is 0.930. The molecule has 1 aromatic rings. The van der Waals surface area contributed by atoms with Crippen molar-refractivity contribution < 1.29 is 14.3 Å². The number of esters is 1. The van der Waals surface area contributed by atoms with E-state index in [-0.39, 0.29) is 11.8 Å². The molecule has 108 valence electrons. The standard InChI is InChI=1S/C16H21NO3/c1-4-20-16(19)15(12(2)3)17-14(18)11-10-13-8-6-5-7-9-13/h5-12,15H,4H2,1-3H3,(H,17,18)/b11-10+/t15-/m0/s1. The highest BCUT2D eigenvalue weighted by Crippen LogP contribution is 2.05. The fourth-order valence-electron chi connectivity index (χ4n) is 1.67. The Bertz CT molecular complexity index is 466. The summed E-state index contributed by atoms with van der Waals surface area (Å²) in [6.07, 6.45) is 3.13. The SMILES string of the molecule is CCOC(=O)[C@@H](NC(=O)/C=C/c1ccccc1)C(C)C. The van der Waals surface area contributed by atoms with E-state index in [0.29, 0.717) is 6.61 Å². The first-order valence-corrected chi connectivity index (χ1v) is 6.74. The zero-order valence-electron chi connectivity index (χ0n) is 12.1. The van der Waals surface area contributed by atoms with E-state index in [4.69, 9.17) is 4.74 Å². The van der Waals surface area contributed by atoms with Gasteiger partial charge in [-0.05, 0) is 24.5 Å². The van der Waals surface area contributed by atoms with E-state index < -0.39 is 12.0 Å². The molecule has 0 fully saturated rings. The van der Waals surface area contributed by atoms with Gasteiger partial charge in [0.05, 0.1) is 6.61 Å². The van der Waals surface area contributed by atoms with E-state index in [1.165, 1.54) is 6.08 Å². The van der Waals surface area contributed by atoms with E-state index >= 15 is 0 Å². The maximum Gasteiger partial charge on any atom is 0.328 e. The first-order valence-electron chi connectivity index (χ1n) is 6.74. The molecule has 1 N–H and O–H groups in total. The van der Waals surface area contributed by atoms with Crippen LogP contribution in [0.15, 0.2) is 36.4 Å².